The quantitative estimate of drug-likeness (QED) is 0.501. The average molecular weight is 202 g/mol. The predicted octanol–water partition coefficient (Wildman–Crippen LogP) is 0.878. The molecule has 15 heavy (non-hydrogen) atoms. The zero-order valence-electron chi connectivity index (χ0n) is 8.36. The molecule has 1 aliphatic rings. The summed E-state index contributed by atoms with van der Waals surface area (Å²) >= 11 is 0. The molecule has 0 aliphatic heterocycles. The third-order valence-electron chi connectivity index (χ3n) is 2.09. The van der Waals surface area contributed by atoms with Crippen LogP contribution in [0.4, 0.5) is 0 Å². The van der Waals surface area contributed by atoms with Crippen LogP contribution in [0.15, 0.2) is 12.3 Å². The second-order valence-electron chi connectivity index (χ2n) is 3.32. The fraction of sp³-hybridized carbons (Fsp3) is 0.364. The Kier molecular flexibility index (Phi) is 2.64. The molecule has 4 nitrogen and oxygen atoms in total. The zero-order chi connectivity index (χ0) is 10.7. The van der Waals surface area contributed by atoms with Crippen LogP contribution in [0.2, 0.25) is 0 Å². The first-order chi connectivity index (χ1) is 7.29. The van der Waals surface area contributed by atoms with Crippen LogP contribution in [-0.4, -0.2) is 23.0 Å². The van der Waals surface area contributed by atoms with Gasteiger partial charge < -0.3 is 4.74 Å². The van der Waals surface area contributed by atoms with E-state index in [4.69, 9.17) is 0 Å². The SMILES string of the molecule is COC(=O)C#Cc1ccnc(C2CC2)n1. The molecule has 0 unspecified atom stereocenters. The van der Waals surface area contributed by atoms with Crippen LogP contribution in [0.3, 0.4) is 0 Å². The van der Waals surface area contributed by atoms with Gasteiger partial charge in [-0.3, -0.25) is 0 Å². The summed E-state index contributed by atoms with van der Waals surface area (Å²) in [6.45, 7) is 0. The Morgan fingerprint density at radius 1 is 1.60 bits per heavy atom. The number of aromatic nitrogens is 2. The summed E-state index contributed by atoms with van der Waals surface area (Å²) in [7, 11) is 1.30. The standard InChI is InChI=1S/C11H10N2O2/c1-15-10(14)5-4-9-6-7-12-11(13-9)8-2-3-8/h6-8H,2-3H2,1H3. The van der Waals surface area contributed by atoms with E-state index in [0.29, 0.717) is 11.6 Å². The maximum Gasteiger partial charge on any atom is 0.384 e. The summed E-state index contributed by atoms with van der Waals surface area (Å²) in [5.41, 5.74) is 0.567. The lowest BCUT2D eigenvalue weighted by atomic mass is 10.3. The molecule has 2 rings (SSSR count). The molecule has 1 heterocycles. The minimum atomic E-state index is -0.554. The molecule has 1 saturated carbocycles. The van der Waals surface area contributed by atoms with Crippen molar-refractivity contribution in [1.29, 1.82) is 0 Å². The normalized spacial score (nSPS) is 13.9. The first-order valence-electron chi connectivity index (χ1n) is 4.72. The summed E-state index contributed by atoms with van der Waals surface area (Å²) in [6.07, 6.45) is 3.96. The van der Waals surface area contributed by atoms with E-state index in [0.717, 1.165) is 18.7 Å². The Morgan fingerprint density at radius 2 is 2.40 bits per heavy atom. The lowest BCUT2D eigenvalue weighted by molar-refractivity contribution is -0.133. The van der Waals surface area contributed by atoms with Gasteiger partial charge in [-0.25, -0.2) is 14.8 Å². The molecule has 0 atom stereocenters. The van der Waals surface area contributed by atoms with Gasteiger partial charge in [-0.15, -0.1) is 0 Å². The van der Waals surface area contributed by atoms with Crippen LogP contribution in [0.1, 0.15) is 30.3 Å². The number of nitrogens with zero attached hydrogens (tertiary/aromatic N) is 2. The first kappa shape index (κ1) is 9.66. The van der Waals surface area contributed by atoms with Crippen LogP contribution in [0.25, 0.3) is 0 Å². The highest BCUT2D eigenvalue weighted by Crippen LogP contribution is 2.37. The molecular formula is C11H10N2O2. The van der Waals surface area contributed by atoms with Crippen molar-refractivity contribution in [2.45, 2.75) is 18.8 Å². The monoisotopic (exact) mass is 202 g/mol. The number of hydrogen-bond donors (Lipinski definition) is 0. The molecule has 0 N–H and O–H groups in total. The maximum absolute atomic E-state index is 10.8. The van der Waals surface area contributed by atoms with Gasteiger partial charge in [0.2, 0.25) is 0 Å². The maximum atomic E-state index is 10.8. The molecule has 4 heteroatoms. The molecule has 0 bridgehead atoms. The fourth-order valence-electron chi connectivity index (χ4n) is 1.15. The van der Waals surface area contributed by atoms with Crippen molar-refractivity contribution in [3.63, 3.8) is 0 Å². The molecule has 1 aliphatic carbocycles. The highest BCUT2D eigenvalue weighted by molar-refractivity contribution is 5.88. The molecule has 0 radical (unpaired) electrons. The van der Waals surface area contributed by atoms with Crippen molar-refractivity contribution in [3.8, 4) is 11.8 Å². The summed E-state index contributed by atoms with van der Waals surface area (Å²) in [5, 5.41) is 0. The van der Waals surface area contributed by atoms with Gasteiger partial charge in [0.25, 0.3) is 0 Å². The van der Waals surface area contributed by atoms with Crippen LogP contribution in [-0.2, 0) is 9.53 Å². The van der Waals surface area contributed by atoms with Gasteiger partial charge in [0.15, 0.2) is 0 Å². The van der Waals surface area contributed by atoms with Gasteiger partial charge in [0.05, 0.1) is 7.11 Å². The summed E-state index contributed by atoms with van der Waals surface area (Å²) in [6, 6.07) is 1.68. The van der Waals surface area contributed by atoms with E-state index in [-0.39, 0.29) is 0 Å². The van der Waals surface area contributed by atoms with E-state index < -0.39 is 5.97 Å². The van der Waals surface area contributed by atoms with E-state index in [1.807, 2.05) is 0 Å². The van der Waals surface area contributed by atoms with E-state index in [1.54, 1.807) is 12.3 Å². The van der Waals surface area contributed by atoms with E-state index in [9.17, 15) is 4.79 Å². The molecule has 1 aromatic rings. The minimum absolute atomic E-state index is 0.491. The van der Waals surface area contributed by atoms with Crippen molar-refractivity contribution < 1.29 is 9.53 Å². The molecule has 0 amide bonds. The van der Waals surface area contributed by atoms with Crippen molar-refractivity contribution in [2.75, 3.05) is 7.11 Å². The first-order valence-corrected chi connectivity index (χ1v) is 4.72. The van der Waals surface area contributed by atoms with Gasteiger partial charge >= 0.3 is 5.97 Å². The molecule has 1 fully saturated rings. The zero-order valence-corrected chi connectivity index (χ0v) is 8.36. The Labute approximate surface area is 87.7 Å². The van der Waals surface area contributed by atoms with Gasteiger partial charge in [-0.1, -0.05) is 0 Å². The average Bonchev–Trinajstić information content (AvgIpc) is 3.10. The van der Waals surface area contributed by atoms with E-state index in [1.165, 1.54) is 7.11 Å². The summed E-state index contributed by atoms with van der Waals surface area (Å²) in [5.74, 6) is 5.74. The molecule has 76 valence electrons. The molecule has 1 aromatic heterocycles. The van der Waals surface area contributed by atoms with Crippen molar-refractivity contribution in [1.82, 2.24) is 9.97 Å². The van der Waals surface area contributed by atoms with Gasteiger partial charge in [-0.05, 0) is 24.8 Å². The molecule has 0 saturated heterocycles. The van der Waals surface area contributed by atoms with Crippen LogP contribution < -0.4 is 0 Å². The Hall–Kier alpha value is -1.89. The number of esters is 1. The van der Waals surface area contributed by atoms with Crippen molar-refractivity contribution >= 4 is 5.97 Å². The van der Waals surface area contributed by atoms with E-state index >= 15 is 0 Å². The van der Waals surface area contributed by atoms with Gasteiger partial charge in [0, 0.05) is 18.0 Å². The lowest BCUT2D eigenvalue weighted by Gasteiger charge is -1.95. The second kappa shape index (κ2) is 4.09. The van der Waals surface area contributed by atoms with Crippen LogP contribution >= 0.6 is 0 Å². The predicted molar refractivity (Wildman–Crippen MR) is 52.9 cm³/mol. The van der Waals surface area contributed by atoms with Crippen LogP contribution in [0.5, 0.6) is 0 Å². The molecule has 0 aromatic carbocycles. The Bertz CT molecular complexity index is 441. The largest absolute Gasteiger partial charge is 0.459 e. The third kappa shape index (κ3) is 2.53. The molecule has 0 spiro atoms. The highest BCUT2D eigenvalue weighted by atomic mass is 16.5. The lowest BCUT2D eigenvalue weighted by Crippen LogP contribution is -1.97. The number of hydrogen-bond acceptors (Lipinski definition) is 4. The van der Waals surface area contributed by atoms with Crippen LogP contribution in [0, 0.1) is 11.8 Å². The van der Waals surface area contributed by atoms with Crippen molar-refractivity contribution in [2.24, 2.45) is 0 Å². The summed E-state index contributed by atoms with van der Waals surface area (Å²) < 4.78 is 4.41. The number of carbonyl (C=O) groups is 1. The van der Waals surface area contributed by atoms with Gasteiger partial charge in [0.1, 0.15) is 11.5 Å². The Balaban J connectivity index is 2.16. The van der Waals surface area contributed by atoms with E-state index in [2.05, 4.69) is 26.5 Å². The number of rotatable bonds is 1. The number of carbonyl (C=O) groups excluding carboxylic acids is 1. The fourth-order valence-corrected chi connectivity index (χ4v) is 1.15. The highest BCUT2D eigenvalue weighted by Gasteiger charge is 2.26. The summed E-state index contributed by atoms with van der Waals surface area (Å²) in [4.78, 5) is 19.2. The van der Waals surface area contributed by atoms with Gasteiger partial charge in [-0.2, -0.15) is 0 Å². The Morgan fingerprint density at radius 3 is 3.07 bits per heavy atom. The number of methoxy groups -OCH3 is 1. The minimum Gasteiger partial charge on any atom is -0.459 e. The topological polar surface area (TPSA) is 52.1 Å². The van der Waals surface area contributed by atoms with Crippen molar-refractivity contribution in [3.05, 3.63) is 23.8 Å². The molecular weight excluding hydrogens is 192 g/mol. The third-order valence-corrected chi connectivity index (χ3v) is 2.09. The smallest absolute Gasteiger partial charge is 0.384 e. The second-order valence-corrected chi connectivity index (χ2v) is 3.32. The number of ether oxygens (including phenoxy) is 1.